The summed E-state index contributed by atoms with van der Waals surface area (Å²) in [5.74, 6) is 0. The summed E-state index contributed by atoms with van der Waals surface area (Å²) in [5, 5.41) is 0. The van der Waals surface area contributed by atoms with E-state index in [1.807, 2.05) is 0 Å². The highest BCUT2D eigenvalue weighted by atomic mass is 16.5. The number of carbonyl (C=O) groups excluding carboxylic acids is 1. The van der Waals surface area contributed by atoms with Crippen molar-refractivity contribution in [3.63, 3.8) is 0 Å². The van der Waals surface area contributed by atoms with Crippen LogP contribution in [0.25, 0.3) is 0 Å². The minimum absolute atomic E-state index is 0.693. The first-order valence-corrected chi connectivity index (χ1v) is 3.28. The number of nitrogens with zero attached hydrogens (tertiary/aromatic N) is 1. The zero-order chi connectivity index (χ0) is 7.82. The van der Waals surface area contributed by atoms with Crippen molar-refractivity contribution in [2.75, 3.05) is 33.4 Å². The van der Waals surface area contributed by atoms with Crippen molar-refractivity contribution in [3.8, 4) is 0 Å². The molecule has 1 aliphatic heterocycles. The first-order valence-electron chi connectivity index (χ1n) is 3.28. The maximum absolute atomic E-state index is 10.0. The Morgan fingerprint density at radius 1 is 1.40 bits per heavy atom. The molecule has 1 amide bonds. The Labute approximate surface area is 60.9 Å². The molecule has 2 N–H and O–H groups in total. The summed E-state index contributed by atoms with van der Waals surface area (Å²) in [6.45, 7) is 2.89. The number of nitrogens with two attached hydrogens (primary N) is 1. The van der Waals surface area contributed by atoms with Crippen molar-refractivity contribution in [1.82, 2.24) is 4.90 Å². The first-order chi connectivity index (χ1) is 4.93. The Morgan fingerprint density at radius 3 is 2.20 bits per heavy atom. The van der Waals surface area contributed by atoms with Gasteiger partial charge in [-0.05, 0) is 7.05 Å². The van der Waals surface area contributed by atoms with Crippen molar-refractivity contribution < 1.29 is 9.53 Å². The largest absolute Gasteiger partial charge is 0.378 e. The number of morpholine rings is 1. The van der Waals surface area contributed by atoms with E-state index >= 15 is 0 Å². The molecule has 4 heteroatoms. The van der Waals surface area contributed by atoms with Gasteiger partial charge in [0.1, 0.15) is 0 Å². The van der Waals surface area contributed by atoms with Gasteiger partial charge in [-0.1, -0.05) is 0 Å². The molecule has 1 heterocycles. The standard InChI is InChI=1S/C5H9NO2.CH5N/c7-5-6-1-3-8-4-2-6;1-2/h5H,1-4H2;2H2,1H3. The van der Waals surface area contributed by atoms with Gasteiger partial charge in [0.15, 0.2) is 0 Å². The van der Waals surface area contributed by atoms with Crippen LogP contribution in [0.15, 0.2) is 0 Å². The topological polar surface area (TPSA) is 55.6 Å². The van der Waals surface area contributed by atoms with E-state index in [0.29, 0.717) is 13.2 Å². The van der Waals surface area contributed by atoms with Crippen molar-refractivity contribution in [2.45, 2.75) is 0 Å². The third-order valence-corrected chi connectivity index (χ3v) is 1.19. The highest BCUT2D eigenvalue weighted by molar-refractivity contribution is 5.46. The van der Waals surface area contributed by atoms with Crippen LogP contribution in [0.1, 0.15) is 0 Å². The second-order valence-corrected chi connectivity index (χ2v) is 1.75. The van der Waals surface area contributed by atoms with E-state index in [1.165, 1.54) is 7.05 Å². The molecule has 1 saturated heterocycles. The molecule has 0 saturated carbocycles. The summed E-state index contributed by atoms with van der Waals surface area (Å²) in [4.78, 5) is 11.7. The molecule has 0 atom stereocenters. The Bertz CT molecular complexity index is 81.8. The Hall–Kier alpha value is -0.610. The average Bonchev–Trinajstić information content (AvgIpc) is 2.10. The zero-order valence-electron chi connectivity index (χ0n) is 6.25. The van der Waals surface area contributed by atoms with Gasteiger partial charge < -0.3 is 15.4 Å². The Balaban J connectivity index is 0.000000371. The first kappa shape index (κ1) is 9.39. The van der Waals surface area contributed by atoms with Gasteiger partial charge in [0, 0.05) is 13.1 Å². The van der Waals surface area contributed by atoms with E-state index in [-0.39, 0.29) is 0 Å². The highest BCUT2D eigenvalue weighted by Gasteiger charge is 2.05. The predicted octanol–water partition coefficient (Wildman–Crippen LogP) is -0.950. The number of ether oxygens (including phenoxy) is 1. The van der Waals surface area contributed by atoms with Crippen LogP contribution in [0, 0.1) is 0 Å². The zero-order valence-corrected chi connectivity index (χ0v) is 6.25. The molecule has 1 fully saturated rings. The number of rotatable bonds is 1. The molecule has 60 valence electrons. The van der Waals surface area contributed by atoms with E-state index in [1.54, 1.807) is 4.90 Å². The molecule has 1 aliphatic rings. The maximum atomic E-state index is 10.0. The molecule has 0 spiro atoms. The quantitative estimate of drug-likeness (QED) is 0.485. The monoisotopic (exact) mass is 146 g/mol. The normalized spacial score (nSPS) is 17.2. The smallest absolute Gasteiger partial charge is 0.209 e. The lowest BCUT2D eigenvalue weighted by atomic mass is 10.5. The summed E-state index contributed by atoms with van der Waals surface area (Å²) in [7, 11) is 1.50. The van der Waals surface area contributed by atoms with Gasteiger partial charge >= 0.3 is 0 Å². The second kappa shape index (κ2) is 6.51. The number of hydrogen-bond acceptors (Lipinski definition) is 3. The predicted molar refractivity (Wildman–Crippen MR) is 38.6 cm³/mol. The molecule has 0 aliphatic carbocycles. The molecule has 0 radical (unpaired) electrons. The molecular weight excluding hydrogens is 132 g/mol. The van der Waals surface area contributed by atoms with Crippen LogP contribution in [0.3, 0.4) is 0 Å². The van der Waals surface area contributed by atoms with E-state index in [0.717, 1.165) is 19.5 Å². The van der Waals surface area contributed by atoms with E-state index < -0.39 is 0 Å². The van der Waals surface area contributed by atoms with Gasteiger partial charge in [-0.15, -0.1) is 0 Å². The van der Waals surface area contributed by atoms with Crippen LogP contribution >= 0.6 is 0 Å². The summed E-state index contributed by atoms with van der Waals surface area (Å²) in [6.07, 6.45) is 0.864. The minimum Gasteiger partial charge on any atom is -0.378 e. The Kier molecular flexibility index (Phi) is 6.11. The molecule has 10 heavy (non-hydrogen) atoms. The van der Waals surface area contributed by atoms with E-state index in [2.05, 4.69) is 5.73 Å². The molecule has 0 aromatic heterocycles. The van der Waals surface area contributed by atoms with Crippen LogP contribution in [-0.2, 0) is 9.53 Å². The lowest BCUT2D eigenvalue weighted by Gasteiger charge is -2.21. The fourth-order valence-corrected chi connectivity index (χ4v) is 0.683. The summed E-state index contributed by atoms with van der Waals surface area (Å²) in [6, 6.07) is 0. The van der Waals surface area contributed by atoms with Crippen LogP contribution in [-0.4, -0.2) is 44.7 Å². The molecule has 4 nitrogen and oxygen atoms in total. The fraction of sp³-hybridized carbons (Fsp3) is 0.833. The van der Waals surface area contributed by atoms with Gasteiger partial charge in [-0.3, -0.25) is 4.79 Å². The van der Waals surface area contributed by atoms with Gasteiger partial charge in [0.2, 0.25) is 6.41 Å². The average molecular weight is 146 g/mol. The summed E-state index contributed by atoms with van der Waals surface area (Å²) in [5.41, 5.74) is 4.50. The second-order valence-electron chi connectivity index (χ2n) is 1.75. The van der Waals surface area contributed by atoms with Gasteiger partial charge in [-0.2, -0.15) is 0 Å². The van der Waals surface area contributed by atoms with Crippen molar-refractivity contribution >= 4 is 6.41 Å². The summed E-state index contributed by atoms with van der Waals surface area (Å²) >= 11 is 0. The molecule has 0 bridgehead atoms. The minimum atomic E-state index is 0.693. The van der Waals surface area contributed by atoms with Crippen molar-refractivity contribution in [3.05, 3.63) is 0 Å². The SMILES string of the molecule is CN.O=CN1CCOCC1. The van der Waals surface area contributed by atoms with E-state index in [9.17, 15) is 4.79 Å². The molecule has 0 aromatic rings. The van der Waals surface area contributed by atoms with Crippen LogP contribution < -0.4 is 5.73 Å². The van der Waals surface area contributed by atoms with Crippen molar-refractivity contribution in [2.24, 2.45) is 5.73 Å². The lowest BCUT2D eigenvalue weighted by Crippen LogP contribution is -2.34. The van der Waals surface area contributed by atoms with Crippen molar-refractivity contribution in [1.29, 1.82) is 0 Å². The third kappa shape index (κ3) is 3.42. The van der Waals surface area contributed by atoms with Crippen LogP contribution in [0.5, 0.6) is 0 Å². The highest BCUT2D eigenvalue weighted by Crippen LogP contribution is 1.90. The van der Waals surface area contributed by atoms with Gasteiger partial charge in [-0.25, -0.2) is 0 Å². The molecule has 0 aromatic carbocycles. The third-order valence-electron chi connectivity index (χ3n) is 1.19. The molecule has 0 unspecified atom stereocenters. The van der Waals surface area contributed by atoms with Crippen LogP contribution in [0.4, 0.5) is 0 Å². The lowest BCUT2D eigenvalue weighted by molar-refractivity contribution is -0.121. The molecular formula is C6H14N2O2. The Morgan fingerprint density at radius 2 is 1.90 bits per heavy atom. The summed E-state index contributed by atoms with van der Waals surface area (Å²) < 4.78 is 5.00. The number of amides is 1. The van der Waals surface area contributed by atoms with Gasteiger partial charge in [0.05, 0.1) is 13.2 Å². The number of hydrogen-bond donors (Lipinski definition) is 1. The van der Waals surface area contributed by atoms with Crippen LogP contribution in [0.2, 0.25) is 0 Å². The maximum Gasteiger partial charge on any atom is 0.209 e. The fourth-order valence-electron chi connectivity index (χ4n) is 0.683. The number of carbonyl (C=O) groups is 1. The van der Waals surface area contributed by atoms with E-state index in [4.69, 9.17) is 4.74 Å². The van der Waals surface area contributed by atoms with Gasteiger partial charge in [0.25, 0.3) is 0 Å². The molecule has 1 rings (SSSR count).